The Morgan fingerprint density at radius 3 is 1.11 bits per heavy atom. The summed E-state index contributed by atoms with van der Waals surface area (Å²) in [5, 5.41) is 0.00757. The lowest BCUT2D eigenvalue weighted by Crippen LogP contribution is -2.14. The van der Waals surface area contributed by atoms with Gasteiger partial charge in [-0.3, -0.25) is 18.7 Å². The second-order valence-electron chi connectivity index (χ2n) is 6.01. The van der Waals surface area contributed by atoms with Crippen LogP contribution in [0.4, 0.5) is 0 Å². The summed E-state index contributed by atoms with van der Waals surface area (Å²) in [4.78, 5) is 45.4. The van der Waals surface area contributed by atoms with Crippen LogP contribution in [0, 0.1) is 0 Å². The molecule has 2 atom stereocenters. The molecule has 0 aliphatic rings. The first-order chi connectivity index (χ1) is 13.2. The number of hydrogen-bond donors (Lipinski definition) is 2. The van der Waals surface area contributed by atoms with Gasteiger partial charge in [0.2, 0.25) is 0 Å². The Bertz CT molecular complexity index is 1020. The molecular weight excluding hydrogens is 398 g/mol. The van der Waals surface area contributed by atoms with E-state index in [0.717, 1.165) is 0 Å². The van der Waals surface area contributed by atoms with Crippen molar-refractivity contribution in [2.75, 3.05) is 0 Å². The molecule has 0 aliphatic carbocycles. The van der Waals surface area contributed by atoms with E-state index in [9.17, 15) is 28.5 Å². The summed E-state index contributed by atoms with van der Waals surface area (Å²) in [6.45, 7) is 0. The van der Waals surface area contributed by atoms with E-state index in [0.29, 0.717) is 0 Å². The van der Waals surface area contributed by atoms with Crippen LogP contribution in [0.3, 0.4) is 0 Å². The van der Waals surface area contributed by atoms with Crippen molar-refractivity contribution in [3.05, 3.63) is 96.1 Å². The summed E-state index contributed by atoms with van der Waals surface area (Å²) in [6.07, 6.45) is 0. The third-order valence-corrected chi connectivity index (χ3v) is 7.76. The van der Waals surface area contributed by atoms with Crippen LogP contribution in [-0.2, 0) is 9.13 Å². The van der Waals surface area contributed by atoms with Crippen molar-refractivity contribution < 1.29 is 28.5 Å². The lowest BCUT2D eigenvalue weighted by molar-refractivity contribution is 0.105. The standard InChI is InChI=1S/C20H16O6P2/c21-19(27(23,24)17-7-3-1-4-8-17)15-11-13-16(14-12-15)20(22)28(25,26)18-9-5-2-6-10-18/h1-14H,(H,23,24)(H,25,26). The van der Waals surface area contributed by atoms with Gasteiger partial charge in [-0.2, -0.15) is 0 Å². The average Bonchev–Trinajstić information content (AvgIpc) is 2.74. The second kappa shape index (κ2) is 7.78. The maximum absolute atomic E-state index is 12.5. The van der Waals surface area contributed by atoms with Crippen molar-refractivity contribution in [1.82, 2.24) is 0 Å². The van der Waals surface area contributed by atoms with Crippen LogP contribution >= 0.6 is 14.7 Å². The van der Waals surface area contributed by atoms with E-state index in [-0.39, 0.29) is 21.7 Å². The Morgan fingerprint density at radius 2 is 0.821 bits per heavy atom. The number of carbonyl (C=O) groups is 2. The maximum atomic E-state index is 12.5. The van der Waals surface area contributed by atoms with Crippen molar-refractivity contribution >= 4 is 36.4 Å². The van der Waals surface area contributed by atoms with Crippen molar-refractivity contribution in [3.8, 4) is 0 Å². The van der Waals surface area contributed by atoms with Gasteiger partial charge in [-0.25, -0.2) is 0 Å². The van der Waals surface area contributed by atoms with Crippen LogP contribution in [0.1, 0.15) is 20.7 Å². The zero-order valence-electron chi connectivity index (χ0n) is 14.5. The van der Waals surface area contributed by atoms with Gasteiger partial charge in [0.05, 0.1) is 0 Å². The highest BCUT2D eigenvalue weighted by atomic mass is 31.2. The van der Waals surface area contributed by atoms with E-state index in [1.54, 1.807) is 36.4 Å². The zero-order chi connectivity index (χ0) is 20.4. The van der Waals surface area contributed by atoms with Crippen molar-refractivity contribution in [2.45, 2.75) is 0 Å². The van der Waals surface area contributed by atoms with Gasteiger partial charge < -0.3 is 9.79 Å². The van der Waals surface area contributed by atoms with Crippen molar-refractivity contribution in [2.24, 2.45) is 0 Å². The van der Waals surface area contributed by atoms with E-state index in [2.05, 4.69) is 0 Å². The Kier molecular flexibility index (Phi) is 5.59. The minimum absolute atomic E-state index is 0.00379. The highest BCUT2D eigenvalue weighted by Crippen LogP contribution is 2.45. The summed E-state index contributed by atoms with van der Waals surface area (Å²) in [5.74, 6) is 0. The fraction of sp³-hybridized carbons (Fsp3) is 0. The lowest BCUT2D eigenvalue weighted by atomic mass is 10.2. The molecule has 2 N–H and O–H groups in total. The SMILES string of the molecule is O=C(c1ccc(C(=O)P(=O)(O)c2ccccc2)cc1)P(=O)(O)c1ccccc1. The fourth-order valence-corrected chi connectivity index (χ4v) is 5.22. The highest BCUT2D eigenvalue weighted by Gasteiger charge is 2.34. The van der Waals surface area contributed by atoms with Gasteiger partial charge in [-0.05, 0) is 24.3 Å². The van der Waals surface area contributed by atoms with E-state index < -0.39 is 25.8 Å². The Morgan fingerprint density at radius 1 is 0.536 bits per heavy atom. The molecule has 0 saturated heterocycles. The number of hydrogen-bond acceptors (Lipinski definition) is 4. The van der Waals surface area contributed by atoms with E-state index in [4.69, 9.17) is 0 Å². The fourth-order valence-electron chi connectivity index (χ4n) is 2.60. The smallest absolute Gasteiger partial charge is 0.298 e. The molecule has 3 rings (SSSR count). The highest BCUT2D eigenvalue weighted by molar-refractivity contribution is 7.83. The first-order valence-electron chi connectivity index (χ1n) is 8.21. The van der Waals surface area contributed by atoms with Gasteiger partial charge in [0.25, 0.3) is 25.8 Å². The third-order valence-electron chi connectivity index (χ3n) is 4.14. The Balaban J connectivity index is 1.88. The van der Waals surface area contributed by atoms with Crippen LogP contribution < -0.4 is 10.6 Å². The first kappa shape index (κ1) is 20.1. The Hall–Kier alpha value is -2.62. The molecule has 0 aliphatic heterocycles. The minimum atomic E-state index is -4.30. The molecule has 2 unspecified atom stereocenters. The van der Waals surface area contributed by atoms with Crippen molar-refractivity contribution in [1.29, 1.82) is 0 Å². The molecule has 0 aromatic heterocycles. The third kappa shape index (κ3) is 3.82. The number of carbonyl (C=O) groups excluding carboxylic acids is 2. The lowest BCUT2D eigenvalue weighted by Gasteiger charge is -2.12. The van der Waals surface area contributed by atoms with Crippen LogP contribution in [0.15, 0.2) is 84.9 Å². The molecule has 28 heavy (non-hydrogen) atoms. The van der Waals surface area contributed by atoms with E-state index in [1.165, 1.54) is 48.5 Å². The molecule has 0 radical (unpaired) electrons. The van der Waals surface area contributed by atoms with Gasteiger partial charge in [-0.1, -0.05) is 60.7 Å². The van der Waals surface area contributed by atoms with Crippen LogP contribution in [0.25, 0.3) is 0 Å². The quantitative estimate of drug-likeness (QED) is 0.600. The largest absolute Gasteiger partial charge is 0.336 e. The number of rotatable bonds is 6. The van der Waals surface area contributed by atoms with E-state index in [1.807, 2.05) is 0 Å². The summed E-state index contributed by atoms with van der Waals surface area (Å²) >= 11 is 0. The normalized spacial score (nSPS) is 15.2. The summed E-state index contributed by atoms with van der Waals surface area (Å²) in [7, 11) is -8.61. The minimum Gasteiger partial charge on any atom is -0.336 e. The topological polar surface area (TPSA) is 109 Å². The number of benzene rings is 3. The molecule has 0 heterocycles. The Labute approximate surface area is 161 Å². The van der Waals surface area contributed by atoms with Crippen LogP contribution in [0.5, 0.6) is 0 Å². The predicted octanol–water partition coefficient (Wildman–Crippen LogP) is 3.16. The molecule has 142 valence electrons. The zero-order valence-corrected chi connectivity index (χ0v) is 16.3. The average molecular weight is 414 g/mol. The van der Waals surface area contributed by atoms with Gasteiger partial charge in [0.1, 0.15) is 0 Å². The molecule has 6 nitrogen and oxygen atoms in total. The van der Waals surface area contributed by atoms with Crippen LogP contribution in [-0.4, -0.2) is 20.8 Å². The molecule has 8 heteroatoms. The van der Waals surface area contributed by atoms with Gasteiger partial charge in [0, 0.05) is 21.7 Å². The van der Waals surface area contributed by atoms with Crippen LogP contribution in [0.2, 0.25) is 0 Å². The predicted molar refractivity (Wildman–Crippen MR) is 107 cm³/mol. The molecule has 3 aromatic carbocycles. The van der Waals surface area contributed by atoms with E-state index >= 15 is 0 Å². The summed E-state index contributed by atoms with van der Waals surface area (Å²) in [6, 6.07) is 19.9. The van der Waals surface area contributed by atoms with Gasteiger partial charge in [0.15, 0.2) is 0 Å². The summed E-state index contributed by atoms with van der Waals surface area (Å²) in [5.41, 5.74) is -2.10. The maximum Gasteiger partial charge on any atom is 0.298 e. The molecule has 3 aromatic rings. The molecule has 0 spiro atoms. The van der Waals surface area contributed by atoms with Crippen molar-refractivity contribution in [3.63, 3.8) is 0 Å². The molecule has 0 saturated carbocycles. The monoisotopic (exact) mass is 414 g/mol. The second-order valence-corrected chi connectivity index (χ2v) is 10.2. The van der Waals surface area contributed by atoms with Gasteiger partial charge >= 0.3 is 0 Å². The molecule has 0 bridgehead atoms. The van der Waals surface area contributed by atoms with Gasteiger partial charge in [-0.15, -0.1) is 0 Å². The summed E-state index contributed by atoms with van der Waals surface area (Å²) < 4.78 is 25.1. The molecule has 0 amide bonds. The molecular formula is C20H16O6P2. The molecule has 0 fully saturated rings. The first-order valence-corrected chi connectivity index (χ1v) is 11.5.